The molecule has 2 nitrogen and oxygen atoms in total. The third-order valence-electron chi connectivity index (χ3n) is 3.56. The van der Waals surface area contributed by atoms with Gasteiger partial charge in [-0.25, -0.2) is 0 Å². The molecule has 1 aromatic carbocycles. The minimum absolute atomic E-state index is 0.433. The van der Waals surface area contributed by atoms with Crippen LogP contribution in [0.1, 0.15) is 18.4 Å². The number of rotatable bonds is 4. The van der Waals surface area contributed by atoms with Crippen LogP contribution in [-0.2, 0) is 11.3 Å². The predicted molar refractivity (Wildman–Crippen MR) is 72.2 cm³/mol. The lowest BCUT2D eigenvalue weighted by molar-refractivity contribution is -0.0371. The summed E-state index contributed by atoms with van der Waals surface area (Å²) in [4.78, 5) is 0. The fraction of sp³-hybridized carbons (Fsp3) is 0.429. The first-order valence-electron chi connectivity index (χ1n) is 6.13. The Bertz CT molecular complexity index is 502. The summed E-state index contributed by atoms with van der Waals surface area (Å²) in [5.41, 5.74) is 6.93. The molecule has 1 aliphatic carbocycles. The monoisotopic (exact) mass is 247 g/mol. The number of nitrogens with two attached hydrogens (primary N) is 1. The minimum atomic E-state index is 0.433. The van der Waals surface area contributed by atoms with Gasteiger partial charge in [0.05, 0.1) is 12.7 Å². The smallest absolute Gasteiger partial charge is 0.0734 e. The van der Waals surface area contributed by atoms with Gasteiger partial charge in [0.2, 0.25) is 0 Å². The van der Waals surface area contributed by atoms with E-state index in [-0.39, 0.29) is 0 Å². The molecule has 1 aliphatic rings. The van der Waals surface area contributed by atoms with Crippen molar-refractivity contribution >= 4 is 21.4 Å². The van der Waals surface area contributed by atoms with E-state index in [0.29, 0.717) is 12.0 Å². The molecule has 0 radical (unpaired) electrons. The van der Waals surface area contributed by atoms with Gasteiger partial charge in [0.15, 0.2) is 0 Å². The SMILES string of the molecule is NCC1CC(OCc2csc3ccccc23)C1. The van der Waals surface area contributed by atoms with Crippen LogP contribution in [0, 0.1) is 5.92 Å². The lowest BCUT2D eigenvalue weighted by atomic mass is 9.82. The summed E-state index contributed by atoms with van der Waals surface area (Å²) in [6, 6.07) is 8.51. The Balaban J connectivity index is 1.62. The van der Waals surface area contributed by atoms with Crippen molar-refractivity contribution in [1.82, 2.24) is 0 Å². The van der Waals surface area contributed by atoms with Crippen LogP contribution in [0.5, 0.6) is 0 Å². The average Bonchev–Trinajstić information content (AvgIpc) is 2.71. The van der Waals surface area contributed by atoms with E-state index in [1.54, 1.807) is 11.3 Å². The van der Waals surface area contributed by atoms with Gasteiger partial charge in [-0.2, -0.15) is 0 Å². The standard InChI is InChI=1S/C14H17NOS/c15-7-10-5-12(6-10)16-8-11-9-17-14-4-2-1-3-13(11)14/h1-4,9-10,12H,5-8,15H2. The molecule has 0 aliphatic heterocycles. The highest BCUT2D eigenvalue weighted by molar-refractivity contribution is 7.17. The van der Waals surface area contributed by atoms with Crippen LogP contribution < -0.4 is 5.73 Å². The van der Waals surface area contributed by atoms with E-state index in [4.69, 9.17) is 10.5 Å². The highest BCUT2D eigenvalue weighted by Gasteiger charge is 2.28. The zero-order chi connectivity index (χ0) is 11.7. The fourth-order valence-corrected chi connectivity index (χ4v) is 3.30. The second-order valence-corrected chi connectivity index (χ2v) is 5.67. The molecule has 1 aromatic heterocycles. The highest BCUT2D eigenvalue weighted by Crippen LogP contribution is 2.31. The predicted octanol–water partition coefficient (Wildman–Crippen LogP) is 3.16. The van der Waals surface area contributed by atoms with Gasteiger partial charge < -0.3 is 10.5 Å². The van der Waals surface area contributed by atoms with Crippen molar-refractivity contribution in [2.75, 3.05) is 6.54 Å². The molecular formula is C14H17NOS. The Morgan fingerprint density at radius 1 is 1.29 bits per heavy atom. The Kier molecular flexibility index (Phi) is 3.14. The van der Waals surface area contributed by atoms with Gasteiger partial charge in [-0.3, -0.25) is 0 Å². The van der Waals surface area contributed by atoms with Gasteiger partial charge >= 0.3 is 0 Å². The molecule has 0 amide bonds. The van der Waals surface area contributed by atoms with E-state index in [1.165, 1.54) is 15.6 Å². The number of hydrogen-bond donors (Lipinski definition) is 1. The molecule has 2 aromatic rings. The molecule has 1 saturated carbocycles. The van der Waals surface area contributed by atoms with Crippen molar-refractivity contribution in [2.45, 2.75) is 25.6 Å². The fourth-order valence-electron chi connectivity index (χ4n) is 2.36. The molecule has 0 bridgehead atoms. The van der Waals surface area contributed by atoms with Crippen LogP contribution >= 0.6 is 11.3 Å². The van der Waals surface area contributed by atoms with Crippen LogP contribution in [0.4, 0.5) is 0 Å². The summed E-state index contributed by atoms with van der Waals surface area (Å²) < 4.78 is 7.26. The Hall–Kier alpha value is -0.900. The largest absolute Gasteiger partial charge is 0.373 e. The molecule has 1 heterocycles. The van der Waals surface area contributed by atoms with E-state index < -0.39 is 0 Å². The summed E-state index contributed by atoms with van der Waals surface area (Å²) >= 11 is 1.80. The van der Waals surface area contributed by atoms with E-state index in [9.17, 15) is 0 Å². The lowest BCUT2D eigenvalue weighted by Gasteiger charge is -2.34. The quantitative estimate of drug-likeness (QED) is 0.900. The number of hydrogen-bond acceptors (Lipinski definition) is 3. The lowest BCUT2D eigenvalue weighted by Crippen LogP contribution is -2.35. The first kappa shape index (κ1) is 11.2. The van der Waals surface area contributed by atoms with Crippen molar-refractivity contribution in [3.63, 3.8) is 0 Å². The average molecular weight is 247 g/mol. The van der Waals surface area contributed by atoms with Gasteiger partial charge in [-0.05, 0) is 47.7 Å². The maximum Gasteiger partial charge on any atom is 0.0734 e. The minimum Gasteiger partial charge on any atom is -0.373 e. The topological polar surface area (TPSA) is 35.2 Å². The Labute approximate surface area is 105 Å². The Morgan fingerprint density at radius 2 is 2.12 bits per heavy atom. The van der Waals surface area contributed by atoms with Crippen molar-refractivity contribution in [2.24, 2.45) is 11.7 Å². The van der Waals surface area contributed by atoms with E-state index in [2.05, 4.69) is 29.6 Å². The van der Waals surface area contributed by atoms with Gasteiger partial charge in [0, 0.05) is 4.70 Å². The van der Waals surface area contributed by atoms with Crippen LogP contribution in [0.3, 0.4) is 0 Å². The maximum atomic E-state index is 5.91. The molecule has 0 spiro atoms. The molecule has 2 N–H and O–H groups in total. The van der Waals surface area contributed by atoms with Crippen molar-refractivity contribution in [3.8, 4) is 0 Å². The molecule has 3 heteroatoms. The van der Waals surface area contributed by atoms with Crippen molar-refractivity contribution in [3.05, 3.63) is 35.2 Å². The van der Waals surface area contributed by atoms with E-state index in [0.717, 1.165) is 26.0 Å². The van der Waals surface area contributed by atoms with E-state index in [1.807, 2.05) is 0 Å². The summed E-state index contributed by atoms with van der Waals surface area (Å²) in [5.74, 6) is 0.694. The first-order chi connectivity index (χ1) is 8.36. The van der Waals surface area contributed by atoms with Gasteiger partial charge in [0.1, 0.15) is 0 Å². The second-order valence-electron chi connectivity index (χ2n) is 4.76. The van der Waals surface area contributed by atoms with Crippen LogP contribution in [-0.4, -0.2) is 12.6 Å². The third kappa shape index (κ3) is 2.23. The zero-order valence-corrected chi connectivity index (χ0v) is 10.6. The molecule has 90 valence electrons. The molecule has 0 saturated heterocycles. The highest BCUT2D eigenvalue weighted by atomic mass is 32.1. The molecule has 0 unspecified atom stereocenters. The number of fused-ring (bicyclic) bond motifs is 1. The number of benzene rings is 1. The van der Waals surface area contributed by atoms with Crippen molar-refractivity contribution < 1.29 is 4.74 Å². The summed E-state index contributed by atoms with van der Waals surface area (Å²) in [6.45, 7) is 1.55. The molecule has 0 atom stereocenters. The van der Waals surface area contributed by atoms with Crippen LogP contribution in [0.15, 0.2) is 29.6 Å². The molecule has 17 heavy (non-hydrogen) atoms. The van der Waals surface area contributed by atoms with Gasteiger partial charge in [-0.15, -0.1) is 11.3 Å². The second kappa shape index (κ2) is 4.77. The summed E-state index contributed by atoms with van der Waals surface area (Å²) in [6.07, 6.45) is 2.71. The zero-order valence-electron chi connectivity index (χ0n) is 9.76. The van der Waals surface area contributed by atoms with Crippen LogP contribution in [0.25, 0.3) is 10.1 Å². The molecule has 3 rings (SSSR count). The number of thiophene rings is 1. The van der Waals surface area contributed by atoms with Gasteiger partial charge in [-0.1, -0.05) is 18.2 Å². The van der Waals surface area contributed by atoms with Crippen molar-refractivity contribution in [1.29, 1.82) is 0 Å². The van der Waals surface area contributed by atoms with Crippen LogP contribution in [0.2, 0.25) is 0 Å². The molecule has 1 fully saturated rings. The van der Waals surface area contributed by atoms with E-state index >= 15 is 0 Å². The first-order valence-corrected chi connectivity index (χ1v) is 7.01. The third-order valence-corrected chi connectivity index (χ3v) is 4.57. The Morgan fingerprint density at radius 3 is 2.94 bits per heavy atom. The van der Waals surface area contributed by atoms with Gasteiger partial charge in [0.25, 0.3) is 0 Å². The summed E-state index contributed by atoms with van der Waals surface area (Å²) in [7, 11) is 0. The number of ether oxygens (including phenoxy) is 1. The normalized spacial score (nSPS) is 23.8. The summed E-state index contributed by atoms with van der Waals surface area (Å²) in [5, 5.41) is 3.55. The maximum absolute atomic E-state index is 5.91. The molecular weight excluding hydrogens is 230 g/mol.